The van der Waals surface area contributed by atoms with Crippen LogP contribution in [0, 0.1) is 5.92 Å². The van der Waals surface area contributed by atoms with Crippen molar-refractivity contribution in [2.24, 2.45) is 5.92 Å². The quantitative estimate of drug-likeness (QED) is 0.799. The Bertz CT molecular complexity index is 300. The summed E-state index contributed by atoms with van der Waals surface area (Å²) in [5, 5.41) is 10.8. The van der Waals surface area contributed by atoms with E-state index < -0.39 is 5.60 Å². The molecule has 1 nitrogen and oxygen atoms in total. The first-order chi connectivity index (χ1) is 7.27. The van der Waals surface area contributed by atoms with E-state index in [0.29, 0.717) is 5.92 Å². The van der Waals surface area contributed by atoms with Gasteiger partial charge in [0.15, 0.2) is 0 Å². The van der Waals surface area contributed by atoms with Crippen molar-refractivity contribution in [2.75, 3.05) is 0 Å². The Balaban J connectivity index is 2.28. The maximum absolute atomic E-state index is 10.8. The zero-order chi connectivity index (χ0) is 10.7. The van der Waals surface area contributed by atoms with Gasteiger partial charge in [0.05, 0.1) is 5.60 Å². The summed E-state index contributed by atoms with van der Waals surface area (Å²) in [6, 6.07) is 10.2. The average molecular weight is 204 g/mol. The summed E-state index contributed by atoms with van der Waals surface area (Å²) in [4.78, 5) is 0. The highest BCUT2D eigenvalue weighted by atomic mass is 16.3. The first kappa shape index (κ1) is 10.7. The highest BCUT2D eigenvalue weighted by Gasteiger charge is 2.37. The van der Waals surface area contributed by atoms with Crippen molar-refractivity contribution in [3.05, 3.63) is 35.9 Å². The van der Waals surface area contributed by atoms with Crippen LogP contribution in [0.1, 0.15) is 44.6 Å². The van der Waals surface area contributed by atoms with Crippen molar-refractivity contribution >= 4 is 0 Å². The largest absolute Gasteiger partial charge is 0.385 e. The topological polar surface area (TPSA) is 20.2 Å². The smallest absolute Gasteiger partial charge is 0.0921 e. The van der Waals surface area contributed by atoms with Crippen LogP contribution in [0.2, 0.25) is 0 Å². The molecule has 1 atom stereocenters. The Hall–Kier alpha value is -0.820. The number of hydrogen-bond acceptors (Lipinski definition) is 1. The number of aliphatic hydroxyl groups is 1. The molecule has 1 heteroatoms. The summed E-state index contributed by atoms with van der Waals surface area (Å²) < 4.78 is 0. The molecule has 1 aliphatic rings. The highest BCUT2D eigenvalue weighted by Crippen LogP contribution is 2.42. The molecule has 1 fully saturated rings. The zero-order valence-corrected chi connectivity index (χ0v) is 9.45. The maximum atomic E-state index is 10.8. The molecule has 15 heavy (non-hydrogen) atoms. The van der Waals surface area contributed by atoms with Gasteiger partial charge in [-0.15, -0.1) is 0 Å². The van der Waals surface area contributed by atoms with Gasteiger partial charge in [-0.3, -0.25) is 0 Å². The summed E-state index contributed by atoms with van der Waals surface area (Å²) in [5.41, 5.74) is 0.511. The van der Waals surface area contributed by atoms with E-state index in [1.807, 2.05) is 18.2 Å². The second-order valence-electron chi connectivity index (χ2n) is 4.63. The van der Waals surface area contributed by atoms with E-state index >= 15 is 0 Å². The van der Waals surface area contributed by atoms with Gasteiger partial charge in [-0.05, 0) is 30.7 Å². The normalized spacial score (nSPS) is 21.5. The minimum atomic E-state index is -0.586. The van der Waals surface area contributed by atoms with Crippen LogP contribution in [-0.4, -0.2) is 5.11 Å². The molecule has 0 bridgehead atoms. The van der Waals surface area contributed by atoms with Crippen LogP contribution in [0.25, 0.3) is 0 Å². The predicted octanol–water partition coefficient (Wildman–Crippen LogP) is 3.47. The van der Waals surface area contributed by atoms with E-state index in [-0.39, 0.29) is 0 Å². The second-order valence-corrected chi connectivity index (χ2v) is 4.63. The van der Waals surface area contributed by atoms with Crippen LogP contribution in [0.3, 0.4) is 0 Å². The van der Waals surface area contributed by atoms with Crippen LogP contribution >= 0.6 is 0 Å². The molecule has 0 amide bonds. The minimum absolute atomic E-state index is 0.463. The second kappa shape index (κ2) is 4.36. The Labute approximate surface area is 92.1 Å². The molecule has 0 radical (unpaired) electrons. The fourth-order valence-corrected chi connectivity index (χ4v) is 2.86. The third-order valence-corrected chi connectivity index (χ3v) is 3.84. The fourth-order valence-electron chi connectivity index (χ4n) is 2.86. The third kappa shape index (κ3) is 1.93. The molecule has 1 aromatic carbocycles. The molecule has 1 N–H and O–H groups in total. The molecule has 0 heterocycles. The van der Waals surface area contributed by atoms with Gasteiger partial charge in [0.25, 0.3) is 0 Å². The Morgan fingerprint density at radius 2 is 1.80 bits per heavy atom. The van der Waals surface area contributed by atoms with Crippen molar-refractivity contribution < 1.29 is 5.11 Å². The van der Waals surface area contributed by atoms with Crippen LogP contribution in [0.4, 0.5) is 0 Å². The van der Waals surface area contributed by atoms with Gasteiger partial charge in [-0.1, -0.05) is 50.1 Å². The lowest BCUT2D eigenvalue weighted by molar-refractivity contribution is -0.0256. The predicted molar refractivity (Wildman–Crippen MR) is 62.6 cm³/mol. The molecule has 1 aliphatic carbocycles. The molecule has 82 valence electrons. The molecule has 0 spiro atoms. The summed E-state index contributed by atoms with van der Waals surface area (Å²) in [6.07, 6.45) is 5.74. The van der Waals surface area contributed by atoms with E-state index in [1.54, 1.807) is 0 Å². The first-order valence-electron chi connectivity index (χ1n) is 6.05. The van der Waals surface area contributed by atoms with Crippen LogP contribution in [-0.2, 0) is 5.60 Å². The van der Waals surface area contributed by atoms with Crippen molar-refractivity contribution in [2.45, 2.75) is 44.6 Å². The molecule has 0 aromatic heterocycles. The van der Waals surface area contributed by atoms with E-state index in [0.717, 1.165) is 12.0 Å². The lowest BCUT2D eigenvalue weighted by Crippen LogP contribution is -2.32. The van der Waals surface area contributed by atoms with Gasteiger partial charge < -0.3 is 5.11 Å². The van der Waals surface area contributed by atoms with Gasteiger partial charge in [-0.25, -0.2) is 0 Å². The molecule has 1 saturated carbocycles. The monoisotopic (exact) mass is 204 g/mol. The number of hydrogen-bond donors (Lipinski definition) is 1. The van der Waals surface area contributed by atoms with Crippen molar-refractivity contribution in [1.82, 2.24) is 0 Å². The standard InChI is InChI=1S/C14H20O/c1-2-14(15,13-10-6-7-11-13)12-8-4-3-5-9-12/h3-5,8-9,13,15H,2,6-7,10-11H2,1H3/t14-/m0/s1. The lowest BCUT2D eigenvalue weighted by Gasteiger charge is -2.33. The van der Waals surface area contributed by atoms with Gasteiger partial charge in [0.2, 0.25) is 0 Å². The molecule has 0 unspecified atom stereocenters. The number of benzene rings is 1. The maximum Gasteiger partial charge on any atom is 0.0921 e. The molecule has 0 saturated heterocycles. The SMILES string of the molecule is CC[C@](O)(c1ccccc1)C1CCCC1. The van der Waals surface area contributed by atoms with Crippen LogP contribution in [0.5, 0.6) is 0 Å². The molecule has 0 aliphatic heterocycles. The van der Waals surface area contributed by atoms with Gasteiger partial charge >= 0.3 is 0 Å². The van der Waals surface area contributed by atoms with E-state index in [1.165, 1.54) is 25.7 Å². The molecular weight excluding hydrogens is 184 g/mol. The molecule has 1 aromatic rings. The van der Waals surface area contributed by atoms with Crippen molar-refractivity contribution in [3.8, 4) is 0 Å². The third-order valence-electron chi connectivity index (χ3n) is 3.84. The summed E-state index contributed by atoms with van der Waals surface area (Å²) >= 11 is 0. The van der Waals surface area contributed by atoms with Gasteiger partial charge in [-0.2, -0.15) is 0 Å². The summed E-state index contributed by atoms with van der Waals surface area (Å²) in [6.45, 7) is 2.09. The van der Waals surface area contributed by atoms with Crippen LogP contribution < -0.4 is 0 Å². The zero-order valence-electron chi connectivity index (χ0n) is 9.45. The lowest BCUT2D eigenvalue weighted by atomic mass is 9.78. The fraction of sp³-hybridized carbons (Fsp3) is 0.571. The van der Waals surface area contributed by atoms with Crippen molar-refractivity contribution in [3.63, 3.8) is 0 Å². The van der Waals surface area contributed by atoms with E-state index in [2.05, 4.69) is 19.1 Å². The van der Waals surface area contributed by atoms with Crippen molar-refractivity contribution in [1.29, 1.82) is 0 Å². The first-order valence-corrected chi connectivity index (χ1v) is 6.05. The minimum Gasteiger partial charge on any atom is -0.385 e. The molecule has 2 rings (SSSR count). The average Bonchev–Trinajstić information content (AvgIpc) is 2.83. The summed E-state index contributed by atoms with van der Waals surface area (Å²) in [5.74, 6) is 0.463. The Morgan fingerprint density at radius 3 is 2.33 bits per heavy atom. The van der Waals surface area contributed by atoms with Crippen LogP contribution in [0.15, 0.2) is 30.3 Å². The molecular formula is C14H20O. The number of rotatable bonds is 3. The van der Waals surface area contributed by atoms with Gasteiger partial charge in [0.1, 0.15) is 0 Å². The Morgan fingerprint density at radius 1 is 1.20 bits per heavy atom. The van der Waals surface area contributed by atoms with E-state index in [4.69, 9.17) is 0 Å². The Kier molecular flexibility index (Phi) is 3.11. The van der Waals surface area contributed by atoms with E-state index in [9.17, 15) is 5.11 Å². The van der Waals surface area contributed by atoms with Gasteiger partial charge in [0, 0.05) is 0 Å². The summed E-state index contributed by atoms with van der Waals surface area (Å²) in [7, 11) is 0. The highest BCUT2D eigenvalue weighted by molar-refractivity contribution is 5.23.